The number of hydrogen-bond donors (Lipinski definition) is 2. The fourth-order valence-electron chi connectivity index (χ4n) is 0.813. The molecule has 0 saturated carbocycles. The monoisotopic (exact) mass is 173 g/mol. The summed E-state index contributed by atoms with van der Waals surface area (Å²) in [6.45, 7) is 1.29. The van der Waals surface area contributed by atoms with Crippen molar-refractivity contribution >= 4 is 5.69 Å². The van der Waals surface area contributed by atoms with Gasteiger partial charge in [-0.3, -0.25) is 19.9 Å². The zero-order valence-electron chi connectivity index (χ0n) is 6.08. The van der Waals surface area contributed by atoms with Crippen LogP contribution in [0, 0.1) is 17.0 Å². The minimum absolute atomic E-state index is 0.0475. The fraction of sp³-hybridized carbons (Fsp3) is 0.200. The fourth-order valence-corrected chi connectivity index (χ4v) is 0.813. The second kappa shape index (κ2) is 2.61. The molecule has 7 nitrogen and oxygen atoms in total. The molecule has 1 aromatic heterocycles. The van der Waals surface area contributed by atoms with Gasteiger partial charge < -0.3 is 4.98 Å². The van der Waals surface area contributed by atoms with Gasteiger partial charge in [-0.2, -0.15) is 0 Å². The number of rotatable bonds is 1. The summed E-state index contributed by atoms with van der Waals surface area (Å²) >= 11 is 0. The average Bonchev–Trinajstić information content (AvgIpc) is 1.82. The third-order valence-corrected chi connectivity index (χ3v) is 1.28. The third kappa shape index (κ3) is 1.24. The highest BCUT2D eigenvalue weighted by molar-refractivity contribution is 5.29. The van der Waals surface area contributed by atoms with Crippen molar-refractivity contribution in [3.05, 3.63) is 36.6 Å². The number of H-pyrrole nitrogens is 2. The Labute approximate surface area is 65.2 Å². The van der Waals surface area contributed by atoms with Crippen molar-refractivity contribution in [2.45, 2.75) is 6.92 Å². The zero-order chi connectivity index (χ0) is 9.30. The van der Waals surface area contributed by atoms with Gasteiger partial charge in [-0.05, 0) is 6.92 Å². The molecule has 0 aliphatic carbocycles. The van der Waals surface area contributed by atoms with Crippen LogP contribution in [0.1, 0.15) is 5.69 Å². The van der Waals surface area contributed by atoms with Crippen LogP contribution < -0.4 is 11.2 Å². The van der Waals surface area contributed by atoms with Crippen LogP contribution in [0.25, 0.3) is 0 Å². The second-order valence-electron chi connectivity index (χ2n) is 2.14. The van der Waals surface area contributed by atoms with Crippen molar-refractivity contribution in [1.82, 2.24) is 9.97 Å². The largest absolute Gasteiger partial charge is 0.352 e. The molecule has 0 bridgehead atoms. The standard InChI is InChI=1S/C5H5N3O4/c1-2-3(8(11)12)4(9)7-5(10)6-2/h1H3,(H2,6,7,9,10)/i5+2. The van der Waals surface area contributed by atoms with Crippen molar-refractivity contribution in [3.8, 4) is 0 Å². The van der Waals surface area contributed by atoms with Crippen molar-refractivity contribution in [1.29, 1.82) is 0 Å². The summed E-state index contributed by atoms with van der Waals surface area (Å²) in [5, 5.41) is 10.2. The quantitative estimate of drug-likeness (QED) is 0.431. The molecule has 64 valence electrons. The minimum Gasteiger partial charge on any atom is -0.305 e. The lowest BCUT2D eigenvalue weighted by molar-refractivity contribution is -0.387. The smallest absolute Gasteiger partial charge is 0.305 e. The van der Waals surface area contributed by atoms with Crippen LogP contribution in [0.2, 0.25) is 0 Å². The molecule has 12 heavy (non-hydrogen) atoms. The van der Waals surface area contributed by atoms with Gasteiger partial charge in [0.2, 0.25) is 0 Å². The van der Waals surface area contributed by atoms with Crippen LogP contribution in [-0.2, 0) is 0 Å². The first-order valence-electron chi connectivity index (χ1n) is 3.00. The number of aryl methyl sites for hydroxylation is 1. The highest BCUT2D eigenvalue weighted by atomic mass is 16.6. The SMILES string of the molecule is Cc1[nH][14c](=O)[nH]c(=O)c1[N+](=O)[O-]. The summed E-state index contributed by atoms with van der Waals surface area (Å²) in [5.74, 6) is 0. The molecule has 0 aliphatic heterocycles. The number of nitrogens with zero attached hydrogens (tertiary/aromatic N) is 1. The van der Waals surface area contributed by atoms with E-state index in [1.54, 1.807) is 4.98 Å². The molecular formula is C5H5N3O4. The maximum atomic E-state index is 10.8. The van der Waals surface area contributed by atoms with Gasteiger partial charge in [-0.25, -0.2) is 4.79 Å². The Hall–Kier alpha value is -1.92. The molecular weight excluding hydrogens is 168 g/mol. The molecule has 0 aliphatic rings. The topological polar surface area (TPSA) is 109 Å². The number of aromatic nitrogens is 2. The lowest BCUT2D eigenvalue weighted by atomic mass is 10.4. The molecule has 1 rings (SSSR count). The van der Waals surface area contributed by atoms with E-state index in [0.29, 0.717) is 0 Å². The van der Waals surface area contributed by atoms with Crippen molar-refractivity contribution < 1.29 is 4.92 Å². The highest BCUT2D eigenvalue weighted by Gasteiger charge is 2.16. The lowest BCUT2D eigenvalue weighted by Crippen LogP contribution is -2.25. The van der Waals surface area contributed by atoms with E-state index in [1.165, 1.54) is 6.92 Å². The molecule has 0 fully saturated rings. The van der Waals surface area contributed by atoms with Gasteiger partial charge in [0, 0.05) is 0 Å². The second-order valence-corrected chi connectivity index (χ2v) is 2.14. The van der Waals surface area contributed by atoms with E-state index in [1.807, 2.05) is 0 Å². The van der Waals surface area contributed by atoms with Gasteiger partial charge in [-0.1, -0.05) is 0 Å². The van der Waals surface area contributed by atoms with Crippen LogP contribution in [0.15, 0.2) is 9.59 Å². The van der Waals surface area contributed by atoms with E-state index in [4.69, 9.17) is 0 Å². The van der Waals surface area contributed by atoms with Gasteiger partial charge in [0.05, 0.1) is 4.92 Å². The van der Waals surface area contributed by atoms with Crippen LogP contribution in [0.3, 0.4) is 0 Å². The van der Waals surface area contributed by atoms with Crippen molar-refractivity contribution in [3.63, 3.8) is 0 Å². The zero-order valence-corrected chi connectivity index (χ0v) is 6.08. The van der Waals surface area contributed by atoms with E-state index in [2.05, 4.69) is 4.98 Å². The van der Waals surface area contributed by atoms with Crippen LogP contribution in [0.4, 0.5) is 5.69 Å². The van der Waals surface area contributed by atoms with Gasteiger partial charge in [0.15, 0.2) is 0 Å². The van der Waals surface area contributed by atoms with E-state index in [0.717, 1.165) is 0 Å². The van der Waals surface area contributed by atoms with Crippen molar-refractivity contribution in [2.75, 3.05) is 0 Å². The van der Waals surface area contributed by atoms with Crippen LogP contribution in [0.5, 0.6) is 0 Å². The molecule has 0 saturated heterocycles. The molecule has 1 aromatic rings. The molecule has 1 heterocycles. The Balaban J connectivity index is 3.60. The molecule has 0 unspecified atom stereocenters. The van der Waals surface area contributed by atoms with Gasteiger partial charge in [0.25, 0.3) is 0 Å². The van der Waals surface area contributed by atoms with Crippen molar-refractivity contribution in [2.24, 2.45) is 0 Å². The Morgan fingerprint density at radius 2 is 2.08 bits per heavy atom. The minimum atomic E-state index is -0.985. The van der Waals surface area contributed by atoms with Crippen LogP contribution >= 0.6 is 0 Å². The van der Waals surface area contributed by atoms with E-state index in [-0.39, 0.29) is 5.69 Å². The molecule has 0 spiro atoms. The number of nitro groups is 1. The number of nitrogens with one attached hydrogen (secondary N) is 2. The Morgan fingerprint density at radius 3 is 2.50 bits per heavy atom. The molecule has 0 atom stereocenters. The maximum absolute atomic E-state index is 10.8. The first kappa shape index (κ1) is 8.18. The van der Waals surface area contributed by atoms with Crippen LogP contribution in [-0.4, -0.2) is 14.9 Å². The summed E-state index contributed by atoms with van der Waals surface area (Å²) in [5.41, 5.74) is -2.41. The summed E-state index contributed by atoms with van der Waals surface area (Å²) in [6, 6.07) is 0. The van der Waals surface area contributed by atoms with Gasteiger partial charge >= 0.3 is 16.9 Å². The summed E-state index contributed by atoms with van der Waals surface area (Å²) in [4.78, 5) is 34.6. The Kier molecular flexibility index (Phi) is 1.78. The average molecular weight is 173 g/mol. The number of hydrogen-bond acceptors (Lipinski definition) is 4. The summed E-state index contributed by atoms with van der Waals surface area (Å²) in [6.07, 6.45) is 0. The van der Waals surface area contributed by atoms with Gasteiger partial charge in [-0.15, -0.1) is 0 Å². The predicted octanol–water partition coefficient (Wildman–Crippen LogP) is -0.720. The third-order valence-electron chi connectivity index (χ3n) is 1.28. The number of aromatic amines is 2. The van der Waals surface area contributed by atoms with E-state index >= 15 is 0 Å². The summed E-state index contributed by atoms with van der Waals surface area (Å²) in [7, 11) is 0. The maximum Gasteiger partial charge on any atom is 0.352 e. The first-order chi connectivity index (χ1) is 5.52. The molecule has 0 radical (unpaired) electrons. The molecule has 2 N–H and O–H groups in total. The van der Waals surface area contributed by atoms with E-state index in [9.17, 15) is 19.7 Å². The first-order valence-corrected chi connectivity index (χ1v) is 3.00. The molecule has 0 amide bonds. The molecule has 0 aromatic carbocycles. The normalized spacial score (nSPS) is 9.75. The predicted molar refractivity (Wildman–Crippen MR) is 39.1 cm³/mol. The van der Waals surface area contributed by atoms with Gasteiger partial charge in [0.1, 0.15) is 5.69 Å². The molecule has 7 heteroatoms. The Bertz CT molecular complexity index is 429. The highest BCUT2D eigenvalue weighted by Crippen LogP contribution is 2.03. The lowest BCUT2D eigenvalue weighted by Gasteiger charge is -1.92. The summed E-state index contributed by atoms with van der Waals surface area (Å²) < 4.78 is 0. The Morgan fingerprint density at radius 1 is 1.50 bits per heavy atom. The van der Waals surface area contributed by atoms with E-state index < -0.39 is 21.9 Å².